The SMILES string of the molecule is Cc1ccc(-c2cnn(C3CCCNC3)c2)c(C)c1. The lowest BCUT2D eigenvalue weighted by molar-refractivity contribution is 0.347. The Morgan fingerprint density at radius 2 is 2.21 bits per heavy atom. The van der Waals surface area contributed by atoms with E-state index in [1.165, 1.54) is 35.1 Å². The molecule has 1 aliphatic heterocycles. The van der Waals surface area contributed by atoms with E-state index in [1.807, 2.05) is 6.20 Å². The molecule has 1 aromatic heterocycles. The third-order valence-corrected chi connectivity index (χ3v) is 3.94. The highest BCUT2D eigenvalue weighted by atomic mass is 15.3. The van der Waals surface area contributed by atoms with Gasteiger partial charge < -0.3 is 5.32 Å². The number of nitrogens with zero attached hydrogens (tertiary/aromatic N) is 2. The molecule has 3 heteroatoms. The molecule has 2 heterocycles. The summed E-state index contributed by atoms with van der Waals surface area (Å²) < 4.78 is 2.13. The topological polar surface area (TPSA) is 29.9 Å². The lowest BCUT2D eigenvalue weighted by Crippen LogP contribution is -2.31. The van der Waals surface area contributed by atoms with Crippen LogP contribution < -0.4 is 5.32 Å². The number of hydrogen-bond acceptors (Lipinski definition) is 2. The average molecular weight is 255 g/mol. The average Bonchev–Trinajstić information content (AvgIpc) is 2.89. The highest BCUT2D eigenvalue weighted by Crippen LogP contribution is 2.25. The summed E-state index contributed by atoms with van der Waals surface area (Å²) in [6, 6.07) is 7.11. The number of piperidine rings is 1. The van der Waals surface area contributed by atoms with Crippen molar-refractivity contribution in [3.63, 3.8) is 0 Å². The van der Waals surface area contributed by atoms with E-state index in [2.05, 4.69) is 53.3 Å². The van der Waals surface area contributed by atoms with E-state index in [9.17, 15) is 0 Å². The molecule has 1 atom stereocenters. The summed E-state index contributed by atoms with van der Waals surface area (Å²) in [5.74, 6) is 0. The van der Waals surface area contributed by atoms with E-state index in [0.717, 1.165) is 13.1 Å². The van der Waals surface area contributed by atoms with Crippen LogP contribution in [0.15, 0.2) is 30.6 Å². The number of hydrogen-bond donors (Lipinski definition) is 1. The maximum Gasteiger partial charge on any atom is 0.0644 e. The predicted molar refractivity (Wildman–Crippen MR) is 78.3 cm³/mol. The lowest BCUT2D eigenvalue weighted by Gasteiger charge is -2.22. The molecule has 1 unspecified atom stereocenters. The fraction of sp³-hybridized carbons (Fsp3) is 0.438. The van der Waals surface area contributed by atoms with Crippen molar-refractivity contribution in [1.82, 2.24) is 15.1 Å². The smallest absolute Gasteiger partial charge is 0.0644 e. The summed E-state index contributed by atoms with van der Waals surface area (Å²) in [7, 11) is 0. The minimum absolute atomic E-state index is 0.508. The molecule has 19 heavy (non-hydrogen) atoms. The number of aryl methyl sites for hydroxylation is 2. The zero-order valence-corrected chi connectivity index (χ0v) is 11.7. The first-order valence-electron chi connectivity index (χ1n) is 7.06. The predicted octanol–water partition coefficient (Wildman–Crippen LogP) is 3.09. The second-order valence-corrected chi connectivity index (χ2v) is 5.53. The molecule has 0 saturated carbocycles. The van der Waals surface area contributed by atoms with Crippen molar-refractivity contribution >= 4 is 0 Å². The van der Waals surface area contributed by atoms with Crippen LogP contribution in [0.3, 0.4) is 0 Å². The van der Waals surface area contributed by atoms with Gasteiger partial charge in [0.25, 0.3) is 0 Å². The van der Waals surface area contributed by atoms with Crippen molar-refractivity contribution < 1.29 is 0 Å². The molecule has 0 spiro atoms. The fourth-order valence-electron chi connectivity index (χ4n) is 2.87. The van der Waals surface area contributed by atoms with Crippen LogP contribution in [0.2, 0.25) is 0 Å². The maximum atomic E-state index is 4.56. The summed E-state index contributed by atoms with van der Waals surface area (Å²) in [4.78, 5) is 0. The normalized spacial score (nSPS) is 19.6. The minimum Gasteiger partial charge on any atom is -0.315 e. The van der Waals surface area contributed by atoms with Gasteiger partial charge in [0.2, 0.25) is 0 Å². The van der Waals surface area contributed by atoms with Gasteiger partial charge >= 0.3 is 0 Å². The van der Waals surface area contributed by atoms with Gasteiger partial charge in [-0.05, 0) is 44.4 Å². The number of aromatic nitrogens is 2. The Morgan fingerprint density at radius 1 is 1.32 bits per heavy atom. The largest absolute Gasteiger partial charge is 0.315 e. The van der Waals surface area contributed by atoms with Crippen molar-refractivity contribution in [3.05, 3.63) is 41.7 Å². The highest BCUT2D eigenvalue weighted by molar-refractivity contribution is 5.66. The van der Waals surface area contributed by atoms with Crippen molar-refractivity contribution in [1.29, 1.82) is 0 Å². The van der Waals surface area contributed by atoms with Gasteiger partial charge in [0.15, 0.2) is 0 Å². The van der Waals surface area contributed by atoms with Crippen molar-refractivity contribution in [3.8, 4) is 11.1 Å². The molecule has 3 rings (SSSR count). The maximum absolute atomic E-state index is 4.56. The molecule has 3 nitrogen and oxygen atoms in total. The second-order valence-electron chi connectivity index (χ2n) is 5.53. The Kier molecular flexibility index (Phi) is 3.38. The van der Waals surface area contributed by atoms with Crippen molar-refractivity contribution in [2.75, 3.05) is 13.1 Å². The van der Waals surface area contributed by atoms with Crippen LogP contribution in [0, 0.1) is 13.8 Å². The summed E-state index contributed by atoms with van der Waals surface area (Å²) in [6.45, 7) is 6.48. The third kappa shape index (κ3) is 2.56. The Hall–Kier alpha value is -1.61. The van der Waals surface area contributed by atoms with E-state index < -0.39 is 0 Å². The van der Waals surface area contributed by atoms with Gasteiger partial charge in [-0.1, -0.05) is 23.8 Å². The van der Waals surface area contributed by atoms with Crippen molar-refractivity contribution in [2.45, 2.75) is 32.7 Å². The van der Waals surface area contributed by atoms with Gasteiger partial charge in [-0.15, -0.1) is 0 Å². The summed E-state index contributed by atoms with van der Waals surface area (Å²) in [5, 5.41) is 8.00. The van der Waals surface area contributed by atoms with Gasteiger partial charge in [-0.25, -0.2) is 0 Å². The minimum atomic E-state index is 0.508. The number of nitrogens with one attached hydrogen (secondary N) is 1. The van der Waals surface area contributed by atoms with Gasteiger partial charge in [0.05, 0.1) is 12.2 Å². The van der Waals surface area contributed by atoms with Gasteiger partial charge in [0.1, 0.15) is 0 Å². The van der Waals surface area contributed by atoms with E-state index in [1.54, 1.807) is 0 Å². The molecule has 1 aromatic carbocycles. The monoisotopic (exact) mass is 255 g/mol. The van der Waals surface area contributed by atoms with Crippen LogP contribution in [0.1, 0.15) is 30.0 Å². The van der Waals surface area contributed by atoms with Crippen LogP contribution in [-0.2, 0) is 0 Å². The van der Waals surface area contributed by atoms with E-state index in [4.69, 9.17) is 0 Å². The van der Waals surface area contributed by atoms with Gasteiger partial charge in [0, 0.05) is 18.3 Å². The van der Waals surface area contributed by atoms with E-state index >= 15 is 0 Å². The molecule has 1 aliphatic rings. The highest BCUT2D eigenvalue weighted by Gasteiger charge is 2.16. The molecule has 0 aliphatic carbocycles. The first-order valence-corrected chi connectivity index (χ1v) is 7.06. The van der Waals surface area contributed by atoms with Crippen LogP contribution >= 0.6 is 0 Å². The molecular formula is C16H21N3. The summed E-state index contributed by atoms with van der Waals surface area (Å²) in [6.07, 6.45) is 6.64. The standard InChI is InChI=1S/C16H21N3/c1-12-5-6-16(13(2)8-12)14-9-18-19(11-14)15-4-3-7-17-10-15/h5-6,8-9,11,15,17H,3-4,7,10H2,1-2H3. The van der Waals surface area contributed by atoms with E-state index in [-0.39, 0.29) is 0 Å². The molecule has 0 amide bonds. The first-order chi connectivity index (χ1) is 9.24. The van der Waals surface area contributed by atoms with E-state index in [0.29, 0.717) is 6.04 Å². The molecule has 0 bridgehead atoms. The molecule has 0 radical (unpaired) electrons. The summed E-state index contributed by atoms with van der Waals surface area (Å²) in [5.41, 5.74) is 5.15. The molecule has 100 valence electrons. The Morgan fingerprint density at radius 3 is 2.95 bits per heavy atom. The Labute approximate surface area is 114 Å². The Balaban J connectivity index is 1.87. The summed E-state index contributed by atoms with van der Waals surface area (Å²) >= 11 is 0. The molecular weight excluding hydrogens is 234 g/mol. The van der Waals surface area contributed by atoms with Crippen LogP contribution in [0.5, 0.6) is 0 Å². The fourth-order valence-corrected chi connectivity index (χ4v) is 2.87. The van der Waals surface area contributed by atoms with Gasteiger partial charge in [-0.2, -0.15) is 5.10 Å². The van der Waals surface area contributed by atoms with Gasteiger partial charge in [-0.3, -0.25) is 4.68 Å². The number of rotatable bonds is 2. The van der Waals surface area contributed by atoms with Crippen LogP contribution in [0.4, 0.5) is 0 Å². The molecule has 1 saturated heterocycles. The second kappa shape index (κ2) is 5.17. The molecule has 2 aromatic rings. The zero-order chi connectivity index (χ0) is 13.2. The molecule has 1 fully saturated rings. The Bertz CT molecular complexity index is 565. The van der Waals surface area contributed by atoms with Crippen LogP contribution in [-0.4, -0.2) is 22.9 Å². The van der Waals surface area contributed by atoms with Crippen molar-refractivity contribution in [2.24, 2.45) is 0 Å². The third-order valence-electron chi connectivity index (χ3n) is 3.94. The quantitative estimate of drug-likeness (QED) is 0.893. The molecule has 1 N–H and O–H groups in total. The lowest BCUT2D eigenvalue weighted by atomic mass is 10.0. The zero-order valence-electron chi connectivity index (χ0n) is 11.7. The van der Waals surface area contributed by atoms with Crippen LogP contribution in [0.25, 0.3) is 11.1 Å². The first kappa shape index (κ1) is 12.4. The number of benzene rings is 1.